The number of hydrogen-bond donors (Lipinski definition) is 1. The second-order valence-electron chi connectivity index (χ2n) is 7.81. The van der Waals surface area contributed by atoms with Gasteiger partial charge in [0.15, 0.2) is 0 Å². The van der Waals surface area contributed by atoms with Crippen LogP contribution in [0.15, 0.2) is 36.7 Å². The first-order valence-electron chi connectivity index (χ1n) is 10.1. The molecular formula is C23H21ClF2N2O2. The van der Waals surface area contributed by atoms with E-state index in [9.17, 15) is 18.7 Å². The minimum absolute atomic E-state index is 0.00552. The summed E-state index contributed by atoms with van der Waals surface area (Å²) in [4.78, 5) is 20.3. The standard InChI is InChI=1S/C23H21ClF2N2O2/c24-17-8-6-13(11-19(17)26)16-7-9-18(25)22-20(16)21(27-12-28-22)14-4-2-1-3-5-15(10-14)23(29)30/h6-9,11-12,14-15H,1-5,10H2,(H,29,30)/t14?,15-/m0/s1. The van der Waals surface area contributed by atoms with Crippen LogP contribution in [0.3, 0.4) is 0 Å². The summed E-state index contributed by atoms with van der Waals surface area (Å²) in [5.74, 6) is -2.49. The Kier molecular flexibility index (Phi) is 5.95. The first kappa shape index (κ1) is 20.7. The lowest BCUT2D eigenvalue weighted by Crippen LogP contribution is -2.20. The number of carboxylic acid groups (broad SMARTS) is 1. The Morgan fingerprint density at radius 1 is 1.03 bits per heavy atom. The molecule has 1 heterocycles. The fourth-order valence-corrected chi connectivity index (χ4v) is 4.51. The molecule has 7 heteroatoms. The van der Waals surface area contributed by atoms with E-state index >= 15 is 0 Å². The zero-order valence-electron chi connectivity index (χ0n) is 16.2. The van der Waals surface area contributed by atoms with E-state index in [0.29, 0.717) is 35.0 Å². The third-order valence-corrected chi connectivity index (χ3v) is 6.22. The van der Waals surface area contributed by atoms with Crippen molar-refractivity contribution < 1.29 is 18.7 Å². The fraction of sp³-hybridized carbons (Fsp3) is 0.348. The van der Waals surface area contributed by atoms with Gasteiger partial charge in [-0.1, -0.05) is 43.0 Å². The van der Waals surface area contributed by atoms with Gasteiger partial charge in [0.25, 0.3) is 0 Å². The summed E-state index contributed by atoms with van der Waals surface area (Å²) in [6, 6.07) is 7.34. The molecule has 0 spiro atoms. The van der Waals surface area contributed by atoms with Crippen LogP contribution in [0.5, 0.6) is 0 Å². The molecule has 4 rings (SSSR count). The Morgan fingerprint density at radius 3 is 2.60 bits per heavy atom. The molecule has 156 valence electrons. The zero-order valence-corrected chi connectivity index (χ0v) is 17.0. The van der Waals surface area contributed by atoms with Crippen LogP contribution in [-0.2, 0) is 4.79 Å². The van der Waals surface area contributed by atoms with Crippen LogP contribution >= 0.6 is 11.6 Å². The SMILES string of the molecule is O=C(O)[C@H]1CCCCCC(c2ncnc3c(F)ccc(-c4ccc(Cl)c(F)c4)c23)C1. The van der Waals surface area contributed by atoms with Crippen LogP contribution in [0, 0.1) is 17.6 Å². The van der Waals surface area contributed by atoms with E-state index in [-0.39, 0.29) is 16.5 Å². The van der Waals surface area contributed by atoms with Gasteiger partial charge in [-0.05, 0) is 48.6 Å². The minimum Gasteiger partial charge on any atom is -0.481 e. The Balaban J connectivity index is 1.90. The van der Waals surface area contributed by atoms with Crippen molar-refractivity contribution in [2.24, 2.45) is 5.92 Å². The van der Waals surface area contributed by atoms with Crippen LogP contribution < -0.4 is 0 Å². The molecule has 0 aliphatic heterocycles. The Hall–Kier alpha value is -2.60. The first-order chi connectivity index (χ1) is 14.5. The number of benzene rings is 2. The van der Waals surface area contributed by atoms with Crippen molar-refractivity contribution >= 4 is 28.5 Å². The third-order valence-electron chi connectivity index (χ3n) is 5.91. The van der Waals surface area contributed by atoms with E-state index < -0.39 is 23.5 Å². The quantitative estimate of drug-likeness (QED) is 0.524. The molecule has 3 aromatic rings. The van der Waals surface area contributed by atoms with Gasteiger partial charge in [0.2, 0.25) is 0 Å². The van der Waals surface area contributed by atoms with Crippen molar-refractivity contribution in [1.29, 1.82) is 0 Å². The number of carbonyl (C=O) groups is 1. The number of aliphatic carboxylic acids is 1. The smallest absolute Gasteiger partial charge is 0.306 e. The Bertz CT molecular complexity index is 1110. The second kappa shape index (κ2) is 8.64. The predicted octanol–water partition coefficient (Wildman–Crippen LogP) is 6.37. The minimum atomic E-state index is -0.813. The van der Waals surface area contributed by atoms with Crippen molar-refractivity contribution in [3.8, 4) is 11.1 Å². The molecule has 2 atom stereocenters. The summed E-state index contributed by atoms with van der Waals surface area (Å²) in [5, 5.41) is 10.1. The maximum atomic E-state index is 14.6. The molecule has 0 saturated heterocycles. The number of rotatable bonds is 3. The lowest BCUT2D eigenvalue weighted by Gasteiger charge is -2.25. The van der Waals surface area contributed by atoms with Gasteiger partial charge in [0, 0.05) is 11.3 Å². The van der Waals surface area contributed by atoms with E-state index in [1.54, 1.807) is 12.1 Å². The molecule has 1 N–H and O–H groups in total. The second-order valence-corrected chi connectivity index (χ2v) is 8.22. The molecule has 30 heavy (non-hydrogen) atoms. The van der Waals surface area contributed by atoms with Crippen LogP contribution in [0.1, 0.15) is 50.1 Å². The molecule has 1 saturated carbocycles. The van der Waals surface area contributed by atoms with Crippen molar-refractivity contribution in [3.05, 3.63) is 59.0 Å². The number of hydrogen-bond acceptors (Lipinski definition) is 3. The summed E-state index contributed by atoms with van der Waals surface area (Å²) < 4.78 is 28.8. The van der Waals surface area contributed by atoms with E-state index in [2.05, 4.69) is 9.97 Å². The van der Waals surface area contributed by atoms with E-state index in [1.807, 2.05) is 0 Å². The van der Waals surface area contributed by atoms with Gasteiger partial charge in [-0.3, -0.25) is 4.79 Å². The summed E-state index contributed by atoms with van der Waals surface area (Å²) in [7, 11) is 0. The van der Waals surface area contributed by atoms with Crippen molar-refractivity contribution in [2.45, 2.75) is 44.4 Å². The number of nitrogens with zero attached hydrogens (tertiary/aromatic N) is 2. The molecule has 0 radical (unpaired) electrons. The molecule has 1 aliphatic rings. The lowest BCUT2D eigenvalue weighted by molar-refractivity contribution is -0.142. The van der Waals surface area contributed by atoms with Gasteiger partial charge in [-0.2, -0.15) is 0 Å². The maximum Gasteiger partial charge on any atom is 0.306 e. The van der Waals surface area contributed by atoms with Gasteiger partial charge in [0.05, 0.1) is 16.6 Å². The number of carboxylic acids is 1. The first-order valence-corrected chi connectivity index (χ1v) is 10.4. The number of fused-ring (bicyclic) bond motifs is 1. The normalized spacial score (nSPS) is 20.0. The van der Waals surface area contributed by atoms with Crippen molar-refractivity contribution in [1.82, 2.24) is 9.97 Å². The molecule has 1 fully saturated rings. The fourth-order valence-electron chi connectivity index (χ4n) is 4.39. The van der Waals surface area contributed by atoms with Gasteiger partial charge in [-0.25, -0.2) is 18.7 Å². The van der Waals surface area contributed by atoms with Gasteiger partial charge >= 0.3 is 5.97 Å². The molecule has 1 aromatic heterocycles. The highest BCUT2D eigenvalue weighted by molar-refractivity contribution is 6.30. The molecule has 2 aromatic carbocycles. The average molecular weight is 431 g/mol. The molecule has 1 aliphatic carbocycles. The van der Waals surface area contributed by atoms with Gasteiger partial charge in [0.1, 0.15) is 23.5 Å². The van der Waals surface area contributed by atoms with E-state index in [1.165, 1.54) is 24.5 Å². The van der Waals surface area contributed by atoms with Crippen molar-refractivity contribution in [2.75, 3.05) is 0 Å². The van der Waals surface area contributed by atoms with E-state index in [4.69, 9.17) is 11.6 Å². The van der Waals surface area contributed by atoms with Crippen LogP contribution in [-0.4, -0.2) is 21.0 Å². The highest BCUT2D eigenvalue weighted by Crippen LogP contribution is 2.40. The molecule has 1 unspecified atom stereocenters. The average Bonchev–Trinajstić information content (AvgIpc) is 2.70. The molecule has 0 amide bonds. The summed E-state index contributed by atoms with van der Waals surface area (Å²) in [6.07, 6.45) is 5.93. The zero-order chi connectivity index (χ0) is 21.3. The van der Waals surface area contributed by atoms with Gasteiger partial charge < -0.3 is 5.11 Å². The monoisotopic (exact) mass is 430 g/mol. The highest BCUT2D eigenvalue weighted by Gasteiger charge is 2.28. The summed E-state index contributed by atoms with van der Waals surface area (Å²) in [6.45, 7) is 0. The predicted molar refractivity (Wildman–Crippen MR) is 111 cm³/mol. The molecule has 0 bridgehead atoms. The van der Waals surface area contributed by atoms with Gasteiger partial charge in [-0.15, -0.1) is 0 Å². The summed E-state index contributed by atoms with van der Waals surface area (Å²) >= 11 is 5.83. The number of aromatic nitrogens is 2. The van der Waals surface area contributed by atoms with Crippen molar-refractivity contribution in [3.63, 3.8) is 0 Å². The topological polar surface area (TPSA) is 63.1 Å². The summed E-state index contributed by atoms with van der Waals surface area (Å²) in [5.41, 5.74) is 1.92. The van der Waals surface area contributed by atoms with Crippen LogP contribution in [0.25, 0.3) is 22.0 Å². The molecular weight excluding hydrogens is 410 g/mol. The lowest BCUT2D eigenvalue weighted by atomic mass is 9.81. The third kappa shape index (κ3) is 4.01. The Morgan fingerprint density at radius 2 is 1.83 bits per heavy atom. The number of halogens is 3. The highest BCUT2D eigenvalue weighted by atomic mass is 35.5. The Labute approximate surface area is 177 Å². The van der Waals surface area contributed by atoms with E-state index in [0.717, 1.165) is 25.7 Å². The largest absolute Gasteiger partial charge is 0.481 e. The molecule has 4 nitrogen and oxygen atoms in total. The van der Waals surface area contributed by atoms with Crippen LogP contribution in [0.2, 0.25) is 5.02 Å². The maximum absolute atomic E-state index is 14.6. The van der Waals surface area contributed by atoms with Crippen LogP contribution in [0.4, 0.5) is 8.78 Å².